The second-order valence-corrected chi connectivity index (χ2v) is 16.3. The van der Waals surface area contributed by atoms with Crippen LogP contribution in [0.15, 0.2) is 46.6 Å². The van der Waals surface area contributed by atoms with Crippen LogP contribution in [-0.2, 0) is 35.3 Å². The van der Waals surface area contributed by atoms with Crippen LogP contribution in [0.1, 0.15) is 118 Å². The van der Waals surface area contributed by atoms with Crippen LogP contribution in [-0.4, -0.2) is 114 Å². The molecule has 2 aromatic rings. The van der Waals surface area contributed by atoms with Gasteiger partial charge in [-0.15, -0.1) is 0 Å². The van der Waals surface area contributed by atoms with Crippen molar-refractivity contribution in [2.75, 3.05) is 37.4 Å². The molecule has 64 heavy (non-hydrogen) atoms. The summed E-state index contributed by atoms with van der Waals surface area (Å²) in [6.07, 6.45) is 8.92. The molecule has 0 radical (unpaired) electrons. The lowest BCUT2D eigenvalue weighted by atomic mass is 9.99. The highest BCUT2D eigenvalue weighted by Crippen LogP contribution is 2.19. The molecule has 1 fully saturated rings. The Morgan fingerprint density at radius 1 is 0.953 bits per heavy atom. The summed E-state index contributed by atoms with van der Waals surface area (Å²) in [5.74, 6) is -4.14. The number of fused-ring (bicyclic) bond motifs is 2. The van der Waals surface area contributed by atoms with E-state index in [2.05, 4.69) is 52.4 Å². The number of Topliss-reactive ketones (excluding diaryl/α,β-unsaturated/α-hetero) is 1. The molecule has 1 aliphatic heterocycles. The summed E-state index contributed by atoms with van der Waals surface area (Å²) in [6.45, 7) is 4.70. The van der Waals surface area contributed by atoms with Gasteiger partial charge in [-0.05, 0) is 100 Å². The summed E-state index contributed by atoms with van der Waals surface area (Å²) >= 11 is 0. The minimum atomic E-state index is -1.28. The molecule has 1 aliphatic carbocycles. The summed E-state index contributed by atoms with van der Waals surface area (Å²) in [6, 6.07) is 4.46. The van der Waals surface area contributed by atoms with Crippen molar-refractivity contribution in [2.24, 2.45) is 21.7 Å². The lowest BCUT2D eigenvalue weighted by molar-refractivity contribution is -0.141. The summed E-state index contributed by atoms with van der Waals surface area (Å²) in [5.41, 5.74) is 10.6. The van der Waals surface area contributed by atoms with Gasteiger partial charge in [0.05, 0.1) is 18.4 Å². The van der Waals surface area contributed by atoms with Gasteiger partial charge >= 0.3 is 0 Å². The first kappa shape index (κ1) is 49.9. The number of likely N-dealkylation sites (N-methyl/N-ethyl adjacent to an activating group) is 1. The summed E-state index contributed by atoms with van der Waals surface area (Å²) in [5, 5.41) is 20.6. The Labute approximate surface area is 373 Å². The minimum absolute atomic E-state index is 0.0710. The molecule has 2 bridgehead atoms. The summed E-state index contributed by atoms with van der Waals surface area (Å²) in [4.78, 5) is 115. The van der Waals surface area contributed by atoms with Gasteiger partial charge in [-0.3, -0.25) is 48.8 Å². The number of carbonyl (C=O) groups is 8. The first-order chi connectivity index (χ1) is 30.6. The number of nitrogens with zero attached hydrogens (tertiary/aromatic N) is 4. The van der Waals surface area contributed by atoms with E-state index in [4.69, 9.17) is 5.73 Å². The number of rotatable bonds is 17. The van der Waals surface area contributed by atoms with Crippen molar-refractivity contribution in [1.29, 1.82) is 0 Å². The van der Waals surface area contributed by atoms with Crippen molar-refractivity contribution in [1.82, 2.24) is 36.5 Å². The zero-order valence-electron chi connectivity index (χ0n) is 37.1. The van der Waals surface area contributed by atoms with E-state index in [1.807, 2.05) is 0 Å². The number of nitrogens with two attached hydrogens (primary N) is 1. The molecule has 2 heterocycles. The number of benzene rings is 1. The van der Waals surface area contributed by atoms with Crippen LogP contribution in [0.25, 0.3) is 0 Å². The number of hydrogen-bond acceptors (Lipinski definition) is 12. The molecule has 1 saturated carbocycles. The number of aromatic nitrogens is 1. The molecule has 2 aliphatic rings. The van der Waals surface area contributed by atoms with Gasteiger partial charge in [0, 0.05) is 62.7 Å². The molecule has 9 N–H and O–H groups in total. The third-order valence-electron chi connectivity index (χ3n) is 10.7. The van der Waals surface area contributed by atoms with Crippen LogP contribution in [0.2, 0.25) is 0 Å². The molecule has 1 aromatic carbocycles. The van der Waals surface area contributed by atoms with E-state index in [1.165, 1.54) is 37.2 Å². The molecule has 346 valence electrons. The van der Waals surface area contributed by atoms with Crippen LogP contribution in [0.3, 0.4) is 0 Å². The maximum atomic E-state index is 14.0. The van der Waals surface area contributed by atoms with E-state index in [0.717, 1.165) is 37.7 Å². The maximum absolute atomic E-state index is 14.0. The first-order valence-electron chi connectivity index (χ1n) is 21.8. The van der Waals surface area contributed by atoms with Gasteiger partial charge in [-0.25, -0.2) is 4.98 Å². The second kappa shape index (κ2) is 25.4. The molecule has 0 saturated heterocycles. The molecular formula is C44H62N12O8. The molecule has 1 unspecified atom stereocenters. The van der Waals surface area contributed by atoms with Gasteiger partial charge < -0.3 is 42.5 Å². The van der Waals surface area contributed by atoms with Gasteiger partial charge in [0.1, 0.15) is 29.7 Å². The highest BCUT2D eigenvalue weighted by atomic mass is 16.2. The normalized spacial score (nSPS) is 19.0. The van der Waals surface area contributed by atoms with Crippen molar-refractivity contribution in [2.45, 2.75) is 116 Å². The van der Waals surface area contributed by atoms with Crippen LogP contribution in [0.4, 0.5) is 11.5 Å². The van der Waals surface area contributed by atoms with E-state index in [-0.39, 0.29) is 61.2 Å². The average molecular weight is 887 g/mol. The van der Waals surface area contributed by atoms with E-state index in [9.17, 15) is 38.4 Å². The number of unbranched alkanes of at least 4 members (excludes halogenated alkanes) is 2. The standard InChI is InChI=1S/C44H62N12O8/c1-27(2)39-44(64)56(4)35(13-10-17-46-26-45)43(63)50-25-38(59)52-34(19-28(3)57)42(62)49-23-29-20-31(41(61)53-39)22-33(21-29)51-37(58)14-6-5-9-18-47-40(60)30-15-16-36(48-24-30)55-54-32-11-7-8-12-32/h15-16,20-22,24,26-27,34-35,39H,5-14,17-19,23,25H2,1-4H3,(H2,45,46)(H,47,60)(H,48,55)(H,49,62)(H,50,63)(H,51,58)(H,52,59)(H,53,61)/t34-,35-,39?/m0/s1. The van der Waals surface area contributed by atoms with E-state index < -0.39 is 60.1 Å². The number of amides is 7. The highest BCUT2D eigenvalue weighted by molar-refractivity contribution is 6.01. The van der Waals surface area contributed by atoms with Gasteiger partial charge in [0.25, 0.3) is 11.8 Å². The quantitative estimate of drug-likeness (QED) is 0.0492. The fourth-order valence-corrected chi connectivity index (χ4v) is 7.14. The average Bonchev–Trinajstić information content (AvgIpc) is 3.79. The number of carbonyl (C=O) groups excluding carboxylic acids is 8. The van der Waals surface area contributed by atoms with Crippen LogP contribution in [0, 0.1) is 5.92 Å². The number of aliphatic imine (C=N–C) groups is 1. The molecule has 20 nitrogen and oxygen atoms in total. The molecular weight excluding hydrogens is 825 g/mol. The Morgan fingerprint density at radius 2 is 1.70 bits per heavy atom. The number of nitrogens with one attached hydrogen (secondary N) is 7. The zero-order chi connectivity index (χ0) is 46.6. The second-order valence-electron chi connectivity index (χ2n) is 16.3. The highest BCUT2D eigenvalue weighted by Gasteiger charge is 2.34. The zero-order valence-corrected chi connectivity index (χ0v) is 37.1. The Balaban J connectivity index is 1.43. The number of pyridine rings is 1. The lowest BCUT2D eigenvalue weighted by Crippen LogP contribution is -2.57. The fraction of sp³-hybridized carbons (Fsp3) is 0.523. The first-order valence-corrected chi connectivity index (χ1v) is 21.8. The van der Waals surface area contributed by atoms with E-state index in [1.54, 1.807) is 32.0 Å². The number of anilines is 2. The Morgan fingerprint density at radius 3 is 2.39 bits per heavy atom. The number of hydrogen-bond donors (Lipinski definition) is 8. The Hall–Kier alpha value is -6.73. The van der Waals surface area contributed by atoms with Crippen molar-refractivity contribution >= 4 is 70.7 Å². The fourth-order valence-electron chi connectivity index (χ4n) is 7.14. The third-order valence-corrected chi connectivity index (χ3v) is 10.7. The predicted octanol–water partition coefficient (Wildman–Crippen LogP) is 1.91. The van der Waals surface area contributed by atoms with Gasteiger partial charge in [-0.2, -0.15) is 5.10 Å². The molecule has 4 rings (SSSR count). The van der Waals surface area contributed by atoms with Gasteiger partial charge in [-0.1, -0.05) is 20.3 Å². The van der Waals surface area contributed by atoms with Crippen molar-refractivity contribution in [3.8, 4) is 0 Å². The van der Waals surface area contributed by atoms with Crippen molar-refractivity contribution in [3.05, 3.63) is 53.2 Å². The smallest absolute Gasteiger partial charge is 0.252 e. The summed E-state index contributed by atoms with van der Waals surface area (Å²) < 4.78 is 0. The molecule has 0 spiro atoms. The number of hydrazone groups is 1. The van der Waals surface area contributed by atoms with Crippen LogP contribution >= 0.6 is 0 Å². The summed E-state index contributed by atoms with van der Waals surface area (Å²) in [7, 11) is 1.43. The molecule has 7 amide bonds. The van der Waals surface area contributed by atoms with Crippen molar-refractivity contribution in [3.63, 3.8) is 0 Å². The largest absolute Gasteiger partial charge is 0.390 e. The topological polar surface area (TPSA) is 288 Å². The van der Waals surface area contributed by atoms with Crippen LogP contribution in [0.5, 0.6) is 0 Å². The lowest BCUT2D eigenvalue weighted by Gasteiger charge is -2.32. The Bertz CT molecular complexity index is 2050. The predicted molar refractivity (Wildman–Crippen MR) is 241 cm³/mol. The monoisotopic (exact) mass is 886 g/mol. The van der Waals surface area contributed by atoms with Crippen molar-refractivity contribution < 1.29 is 38.4 Å². The minimum Gasteiger partial charge on any atom is -0.390 e. The molecule has 3 atom stereocenters. The maximum Gasteiger partial charge on any atom is 0.252 e. The Kier molecular flexibility index (Phi) is 19.8. The molecule has 20 heteroatoms. The SMILES string of the molecule is CC(=O)C[C@@H]1NC(=O)CNC(=O)[C@H](CCCN=CN)N(C)C(=O)C(C(C)C)NC(=O)c2cc(cc(NC(=O)CCCCCNC(=O)c3ccc(NN=C4CCCC4)nc3)c2)CNC1=O. The van der Waals surface area contributed by atoms with Gasteiger partial charge in [0.15, 0.2) is 0 Å². The van der Waals surface area contributed by atoms with E-state index >= 15 is 0 Å². The molecule has 1 aromatic heterocycles. The third kappa shape index (κ3) is 16.2. The van der Waals surface area contributed by atoms with Crippen LogP contribution < -0.4 is 43.1 Å². The number of ketones is 1. The van der Waals surface area contributed by atoms with Gasteiger partial charge in [0.2, 0.25) is 29.5 Å². The van der Waals surface area contributed by atoms with E-state index in [0.29, 0.717) is 49.2 Å².